The molecule has 0 heterocycles. The Bertz CT molecular complexity index is 720. The summed E-state index contributed by atoms with van der Waals surface area (Å²) in [5, 5.41) is 2.45. The molecule has 0 aliphatic heterocycles. The first-order valence-corrected chi connectivity index (χ1v) is 7.75. The number of hydrogen-bond donors (Lipinski definition) is 1. The van der Waals surface area contributed by atoms with Crippen molar-refractivity contribution in [3.63, 3.8) is 0 Å². The van der Waals surface area contributed by atoms with Crippen molar-refractivity contribution in [2.45, 2.75) is 6.54 Å². The predicted octanol–water partition coefficient (Wildman–Crippen LogP) is 3.70. The van der Waals surface area contributed by atoms with Gasteiger partial charge in [-0.15, -0.1) is 0 Å². The van der Waals surface area contributed by atoms with Crippen LogP contribution in [0.15, 0.2) is 42.5 Å². The topological polar surface area (TPSA) is 35.6 Å². The Morgan fingerprint density at radius 1 is 0.960 bits per heavy atom. The lowest BCUT2D eigenvalue weighted by atomic mass is 10.2. The van der Waals surface area contributed by atoms with Gasteiger partial charge in [0.05, 0.1) is 5.69 Å². The summed E-state index contributed by atoms with van der Waals surface area (Å²) in [6.07, 6.45) is 0. The average molecular weight is 351 g/mol. The summed E-state index contributed by atoms with van der Waals surface area (Å²) in [7, 11) is 3.74. The minimum atomic E-state index is -0.845. The van der Waals surface area contributed by atoms with E-state index in [0.29, 0.717) is 19.2 Å². The monoisotopic (exact) mass is 351 g/mol. The maximum Gasteiger partial charge on any atom is 0.322 e. The number of likely N-dealkylation sites (N-methyl/N-ethyl adjacent to an activating group) is 1. The largest absolute Gasteiger partial charge is 0.322 e. The normalized spacial score (nSPS) is 10.8. The van der Waals surface area contributed by atoms with Crippen molar-refractivity contribution in [3.05, 3.63) is 65.5 Å². The van der Waals surface area contributed by atoms with Crippen LogP contribution < -0.4 is 5.32 Å². The second-order valence-electron chi connectivity index (χ2n) is 5.91. The van der Waals surface area contributed by atoms with Crippen LogP contribution in [0.3, 0.4) is 0 Å². The van der Waals surface area contributed by atoms with Gasteiger partial charge in [-0.05, 0) is 43.9 Å². The molecule has 1 N–H and O–H groups in total. The second kappa shape index (κ2) is 8.53. The number of urea groups is 1. The van der Waals surface area contributed by atoms with E-state index in [9.17, 15) is 18.0 Å². The number of nitrogens with one attached hydrogen (secondary N) is 1. The molecule has 25 heavy (non-hydrogen) atoms. The molecule has 0 atom stereocenters. The molecule has 2 aromatic rings. The van der Waals surface area contributed by atoms with Crippen molar-refractivity contribution in [2.75, 3.05) is 32.5 Å². The van der Waals surface area contributed by atoms with Crippen LogP contribution in [-0.2, 0) is 6.54 Å². The summed E-state index contributed by atoms with van der Waals surface area (Å²) in [6, 6.07) is 8.24. The molecular weight excluding hydrogens is 331 g/mol. The van der Waals surface area contributed by atoms with Crippen molar-refractivity contribution >= 4 is 11.7 Å². The zero-order valence-corrected chi connectivity index (χ0v) is 14.1. The van der Waals surface area contributed by atoms with Gasteiger partial charge in [0.1, 0.15) is 17.5 Å². The molecule has 2 aromatic carbocycles. The van der Waals surface area contributed by atoms with Crippen LogP contribution in [0.2, 0.25) is 0 Å². The molecule has 0 saturated carbocycles. The van der Waals surface area contributed by atoms with Gasteiger partial charge in [0.15, 0.2) is 0 Å². The van der Waals surface area contributed by atoms with Gasteiger partial charge in [0.25, 0.3) is 0 Å². The van der Waals surface area contributed by atoms with Gasteiger partial charge in [-0.2, -0.15) is 0 Å². The quantitative estimate of drug-likeness (QED) is 0.861. The zero-order valence-electron chi connectivity index (χ0n) is 14.1. The maximum absolute atomic E-state index is 13.7. The van der Waals surface area contributed by atoms with E-state index < -0.39 is 17.7 Å². The lowest BCUT2D eigenvalue weighted by Gasteiger charge is -2.25. The number of nitrogens with zero attached hydrogens (tertiary/aromatic N) is 2. The van der Waals surface area contributed by atoms with E-state index in [1.807, 2.05) is 19.0 Å². The van der Waals surface area contributed by atoms with Gasteiger partial charge < -0.3 is 15.1 Å². The Hall–Kier alpha value is -2.54. The van der Waals surface area contributed by atoms with Crippen LogP contribution in [0.1, 0.15) is 5.56 Å². The first-order valence-electron chi connectivity index (χ1n) is 7.75. The van der Waals surface area contributed by atoms with Crippen LogP contribution in [0.25, 0.3) is 0 Å². The summed E-state index contributed by atoms with van der Waals surface area (Å²) in [6.45, 7) is 1.22. The van der Waals surface area contributed by atoms with Gasteiger partial charge in [-0.1, -0.05) is 12.1 Å². The zero-order chi connectivity index (χ0) is 18.4. The second-order valence-corrected chi connectivity index (χ2v) is 5.91. The van der Waals surface area contributed by atoms with Crippen LogP contribution in [0.4, 0.5) is 23.7 Å². The number of carbonyl (C=O) groups excluding carboxylic acids is 1. The highest BCUT2D eigenvalue weighted by Gasteiger charge is 2.16. The molecule has 134 valence electrons. The molecule has 0 unspecified atom stereocenters. The predicted molar refractivity (Wildman–Crippen MR) is 90.7 cm³/mol. The maximum atomic E-state index is 13.7. The van der Waals surface area contributed by atoms with Gasteiger partial charge in [0.2, 0.25) is 0 Å². The number of halogens is 3. The lowest BCUT2D eigenvalue weighted by molar-refractivity contribution is 0.202. The van der Waals surface area contributed by atoms with E-state index in [2.05, 4.69) is 5.32 Å². The average Bonchev–Trinajstić information content (AvgIpc) is 2.55. The van der Waals surface area contributed by atoms with Crippen molar-refractivity contribution in [3.8, 4) is 0 Å². The molecular formula is C18H20F3N3O. The molecule has 2 amide bonds. The van der Waals surface area contributed by atoms with Gasteiger partial charge >= 0.3 is 6.03 Å². The summed E-state index contributed by atoms with van der Waals surface area (Å²) in [5.41, 5.74) is 0.648. The van der Waals surface area contributed by atoms with E-state index in [1.54, 1.807) is 12.1 Å². The van der Waals surface area contributed by atoms with Crippen molar-refractivity contribution in [1.82, 2.24) is 9.80 Å². The molecule has 0 fully saturated rings. The number of amides is 2. The summed E-state index contributed by atoms with van der Waals surface area (Å²) >= 11 is 0. The van der Waals surface area contributed by atoms with Crippen LogP contribution in [-0.4, -0.2) is 43.0 Å². The van der Waals surface area contributed by atoms with Crippen LogP contribution >= 0.6 is 0 Å². The Labute approximate surface area is 144 Å². The fourth-order valence-electron chi connectivity index (χ4n) is 2.17. The number of anilines is 1. The molecule has 7 heteroatoms. The fourth-order valence-corrected chi connectivity index (χ4v) is 2.17. The third-order valence-corrected chi connectivity index (χ3v) is 3.56. The molecule has 0 radical (unpaired) electrons. The third-order valence-electron chi connectivity index (χ3n) is 3.56. The Morgan fingerprint density at radius 3 is 2.20 bits per heavy atom. The molecule has 0 aliphatic carbocycles. The van der Waals surface area contributed by atoms with Crippen molar-refractivity contribution in [1.29, 1.82) is 0 Å². The highest BCUT2D eigenvalue weighted by Crippen LogP contribution is 2.16. The number of carbonyl (C=O) groups is 1. The van der Waals surface area contributed by atoms with Gasteiger partial charge in [0, 0.05) is 25.7 Å². The standard InChI is InChI=1S/C18H20F3N3O/c1-23(2)9-10-24(12-13-3-5-14(19)6-4-13)18(25)22-17-8-7-15(20)11-16(17)21/h3-8,11H,9-10,12H2,1-2H3,(H,22,25). The molecule has 0 spiro atoms. The fraction of sp³-hybridized carbons (Fsp3) is 0.278. The smallest absolute Gasteiger partial charge is 0.319 e. The summed E-state index contributed by atoms with van der Waals surface area (Å²) in [4.78, 5) is 15.9. The SMILES string of the molecule is CN(C)CCN(Cc1ccc(F)cc1)C(=O)Nc1ccc(F)cc1F. The molecule has 0 bridgehead atoms. The van der Waals surface area contributed by atoms with E-state index in [0.717, 1.165) is 11.6 Å². The molecule has 0 aromatic heterocycles. The first kappa shape index (κ1) is 18.8. The third kappa shape index (κ3) is 5.79. The highest BCUT2D eigenvalue weighted by atomic mass is 19.1. The minimum absolute atomic E-state index is 0.0969. The highest BCUT2D eigenvalue weighted by molar-refractivity contribution is 5.89. The molecule has 0 aliphatic rings. The lowest BCUT2D eigenvalue weighted by Crippen LogP contribution is -2.39. The minimum Gasteiger partial charge on any atom is -0.319 e. The number of hydrogen-bond acceptors (Lipinski definition) is 2. The Morgan fingerprint density at radius 2 is 1.60 bits per heavy atom. The summed E-state index contributed by atoms with van der Waals surface area (Å²) < 4.78 is 39.7. The van der Waals surface area contributed by atoms with Crippen LogP contribution in [0, 0.1) is 17.5 Å². The first-order chi connectivity index (χ1) is 11.8. The number of benzene rings is 2. The molecule has 0 saturated heterocycles. The molecule has 2 rings (SSSR count). The van der Waals surface area contributed by atoms with E-state index in [4.69, 9.17) is 0 Å². The Balaban J connectivity index is 2.12. The van der Waals surface area contributed by atoms with Gasteiger partial charge in [-0.3, -0.25) is 0 Å². The van der Waals surface area contributed by atoms with Crippen molar-refractivity contribution in [2.24, 2.45) is 0 Å². The van der Waals surface area contributed by atoms with Crippen LogP contribution in [0.5, 0.6) is 0 Å². The van der Waals surface area contributed by atoms with Crippen molar-refractivity contribution < 1.29 is 18.0 Å². The molecule has 4 nitrogen and oxygen atoms in total. The van der Waals surface area contributed by atoms with E-state index in [1.165, 1.54) is 23.1 Å². The Kier molecular flexibility index (Phi) is 6.41. The summed E-state index contributed by atoms with van der Waals surface area (Å²) in [5.74, 6) is -1.92. The van der Waals surface area contributed by atoms with E-state index >= 15 is 0 Å². The van der Waals surface area contributed by atoms with E-state index in [-0.39, 0.29) is 18.0 Å². The van der Waals surface area contributed by atoms with Gasteiger partial charge in [-0.25, -0.2) is 18.0 Å². The number of rotatable bonds is 6.